The third-order valence-electron chi connectivity index (χ3n) is 5.07. The summed E-state index contributed by atoms with van der Waals surface area (Å²) in [6, 6.07) is 3.92. The summed E-state index contributed by atoms with van der Waals surface area (Å²) in [7, 11) is 0. The summed E-state index contributed by atoms with van der Waals surface area (Å²) in [5, 5.41) is 12.5. The minimum atomic E-state index is -0.893. The highest BCUT2D eigenvalue weighted by molar-refractivity contribution is 5.78. The Morgan fingerprint density at radius 3 is 2.79 bits per heavy atom. The molecule has 4 rings (SSSR count). The molecule has 3 aromatic rings. The maximum Gasteiger partial charge on any atom is 0.407 e. The first-order valence-corrected chi connectivity index (χ1v) is 9.59. The summed E-state index contributed by atoms with van der Waals surface area (Å²) in [5.74, 6) is 1.87. The minimum Gasteiger partial charge on any atom is -0.465 e. The predicted molar refractivity (Wildman–Crippen MR) is 110 cm³/mol. The minimum absolute atomic E-state index is 0.123. The van der Waals surface area contributed by atoms with Crippen molar-refractivity contribution in [1.29, 1.82) is 0 Å². The summed E-state index contributed by atoms with van der Waals surface area (Å²) < 4.78 is 2.09. The van der Waals surface area contributed by atoms with Crippen LogP contribution in [0, 0.1) is 0 Å². The lowest BCUT2D eigenvalue weighted by molar-refractivity contribution is 0.122. The number of fused-ring (bicyclic) bond motifs is 1. The number of aromatic nitrogens is 5. The van der Waals surface area contributed by atoms with E-state index in [0.717, 1.165) is 11.0 Å². The average Bonchev–Trinajstić information content (AvgIpc) is 3.11. The molecule has 1 aliphatic rings. The second-order valence-corrected chi connectivity index (χ2v) is 7.44. The van der Waals surface area contributed by atoms with Crippen LogP contribution in [0.3, 0.4) is 0 Å². The molecule has 1 saturated heterocycles. The molecule has 1 aliphatic heterocycles. The quantitative estimate of drug-likeness (QED) is 0.692. The molecule has 0 aromatic carbocycles. The van der Waals surface area contributed by atoms with Gasteiger partial charge in [0, 0.05) is 44.0 Å². The molecule has 2 N–H and O–H groups in total. The number of hydrogen-bond acceptors (Lipinski definition) is 7. The van der Waals surface area contributed by atoms with E-state index in [0.29, 0.717) is 43.3 Å². The molecule has 1 fully saturated rings. The fourth-order valence-electron chi connectivity index (χ4n) is 3.54. The molecule has 3 aromatic heterocycles. The zero-order valence-electron chi connectivity index (χ0n) is 16.6. The van der Waals surface area contributed by atoms with E-state index in [-0.39, 0.29) is 6.04 Å². The molecule has 10 heteroatoms. The van der Waals surface area contributed by atoms with Gasteiger partial charge in [0.2, 0.25) is 5.95 Å². The fourth-order valence-corrected chi connectivity index (χ4v) is 3.54. The predicted octanol–water partition coefficient (Wildman–Crippen LogP) is 2.73. The van der Waals surface area contributed by atoms with E-state index < -0.39 is 6.09 Å². The van der Waals surface area contributed by atoms with Crippen molar-refractivity contribution < 1.29 is 9.90 Å². The van der Waals surface area contributed by atoms with Gasteiger partial charge in [0.1, 0.15) is 17.2 Å². The van der Waals surface area contributed by atoms with Crippen LogP contribution >= 0.6 is 0 Å². The molecular weight excluding hydrogens is 372 g/mol. The molecule has 0 bridgehead atoms. The topological polar surface area (TPSA) is 112 Å². The van der Waals surface area contributed by atoms with Gasteiger partial charge in [-0.25, -0.2) is 19.7 Å². The van der Waals surface area contributed by atoms with Crippen LogP contribution in [0.25, 0.3) is 11.0 Å². The number of anilines is 3. The number of amides is 1. The number of hydrogen-bond donors (Lipinski definition) is 2. The molecule has 4 heterocycles. The first-order chi connectivity index (χ1) is 13.9. The third-order valence-corrected chi connectivity index (χ3v) is 5.07. The Hall–Kier alpha value is -3.43. The van der Waals surface area contributed by atoms with E-state index in [1.165, 1.54) is 4.90 Å². The Morgan fingerprint density at radius 2 is 2.07 bits per heavy atom. The number of pyridine rings is 1. The lowest BCUT2D eigenvalue weighted by atomic mass is 10.2. The SMILES string of the molecule is CC1CN(c2nccc(Nc3cc4c(cn3)ncn4C(C)C)n2)CCN1C(=O)O. The van der Waals surface area contributed by atoms with Gasteiger partial charge >= 0.3 is 6.09 Å². The van der Waals surface area contributed by atoms with Crippen molar-refractivity contribution in [3.05, 3.63) is 30.9 Å². The molecule has 1 atom stereocenters. The van der Waals surface area contributed by atoms with E-state index in [9.17, 15) is 9.90 Å². The Balaban J connectivity index is 1.53. The number of carbonyl (C=O) groups is 1. The van der Waals surface area contributed by atoms with Crippen LogP contribution in [0.15, 0.2) is 30.9 Å². The van der Waals surface area contributed by atoms with Gasteiger partial charge in [-0.1, -0.05) is 0 Å². The lowest BCUT2D eigenvalue weighted by Gasteiger charge is -2.38. The van der Waals surface area contributed by atoms with Gasteiger partial charge in [-0.3, -0.25) is 0 Å². The van der Waals surface area contributed by atoms with Gasteiger partial charge in [0.15, 0.2) is 0 Å². The first kappa shape index (κ1) is 18.9. The van der Waals surface area contributed by atoms with Crippen LogP contribution in [-0.2, 0) is 0 Å². The van der Waals surface area contributed by atoms with Crippen molar-refractivity contribution in [3.8, 4) is 0 Å². The smallest absolute Gasteiger partial charge is 0.407 e. The highest BCUT2D eigenvalue weighted by Gasteiger charge is 2.28. The van der Waals surface area contributed by atoms with Gasteiger partial charge < -0.3 is 24.8 Å². The van der Waals surface area contributed by atoms with E-state index in [1.54, 1.807) is 18.5 Å². The zero-order valence-corrected chi connectivity index (χ0v) is 16.6. The van der Waals surface area contributed by atoms with Crippen LogP contribution in [0.5, 0.6) is 0 Å². The van der Waals surface area contributed by atoms with Crippen LogP contribution in [-0.4, -0.2) is 66.3 Å². The molecule has 0 aliphatic carbocycles. The highest BCUT2D eigenvalue weighted by atomic mass is 16.4. The van der Waals surface area contributed by atoms with Crippen molar-refractivity contribution >= 4 is 34.7 Å². The van der Waals surface area contributed by atoms with Crippen molar-refractivity contribution in [2.24, 2.45) is 0 Å². The first-order valence-electron chi connectivity index (χ1n) is 9.59. The van der Waals surface area contributed by atoms with Gasteiger partial charge in [-0.05, 0) is 26.8 Å². The highest BCUT2D eigenvalue weighted by Crippen LogP contribution is 2.22. The van der Waals surface area contributed by atoms with Crippen LogP contribution in [0.2, 0.25) is 0 Å². The van der Waals surface area contributed by atoms with Crippen molar-refractivity contribution in [2.75, 3.05) is 29.9 Å². The molecule has 152 valence electrons. The molecule has 0 saturated carbocycles. The normalized spacial score (nSPS) is 17.2. The Bertz CT molecular complexity index is 1030. The van der Waals surface area contributed by atoms with E-state index in [4.69, 9.17) is 0 Å². The third kappa shape index (κ3) is 3.78. The monoisotopic (exact) mass is 396 g/mol. The zero-order chi connectivity index (χ0) is 20.5. The second-order valence-electron chi connectivity index (χ2n) is 7.44. The maximum atomic E-state index is 11.3. The number of piperazine rings is 1. The molecule has 1 unspecified atom stereocenters. The Kier molecular flexibility index (Phi) is 4.91. The largest absolute Gasteiger partial charge is 0.465 e. The van der Waals surface area contributed by atoms with E-state index in [2.05, 4.69) is 43.7 Å². The fraction of sp³-hybridized carbons (Fsp3) is 0.421. The lowest BCUT2D eigenvalue weighted by Crippen LogP contribution is -2.54. The number of carboxylic acid groups (broad SMARTS) is 1. The van der Waals surface area contributed by atoms with Gasteiger partial charge in [-0.2, -0.15) is 4.98 Å². The maximum absolute atomic E-state index is 11.3. The van der Waals surface area contributed by atoms with Gasteiger partial charge in [0.05, 0.1) is 18.0 Å². The van der Waals surface area contributed by atoms with E-state index >= 15 is 0 Å². The van der Waals surface area contributed by atoms with Crippen molar-refractivity contribution in [1.82, 2.24) is 29.4 Å². The van der Waals surface area contributed by atoms with Crippen LogP contribution in [0.1, 0.15) is 26.8 Å². The average molecular weight is 396 g/mol. The molecule has 29 heavy (non-hydrogen) atoms. The van der Waals surface area contributed by atoms with Crippen LogP contribution in [0.4, 0.5) is 22.4 Å². The van der Waals surface area contributed by atoms with Crippen LogP contribution < -0.4 is 10.2 Å². The van der Waals surface area contributed by atoms with Crippen molar-refractivity contribution in [2.45, 2.75) is 32.9 Å². The second kappa shape index (κ2) is 7.53. The molecule has 0 radical (unpaired) electrons. The number of imidazole rings is 1. The number of rotatable bonds is 4. The Labute approximate surface area is 168 Å². The van der Waals surface area contributed by atoms with Gasteiger partial charge in [0.25, 0.3) is 0 Å². The molecule has 1 amide bonds. The molecular formula is C19H24N8O2. The number of nitrogens with zero attached hydrogens (tertiary/aromatic N) is 7. The summed E-state index contributed by atoms with van der Waals surface area (Å²) in [4.78, 5) is 32.5. The number of nitrogens with one attached hydrogen (secondary N) is 1. The van der Waals surface area contributed by atoms with E-state index in [1.807, 2.05) is 24.2 Å². The summed E-state index contributed by atoms with van der Waals surface area (Å²) in [6.45, 7) is 7.63. The Morgan fingerprint density at radius 1 is 1.24 bits per heavy atom. The summed E-state index contributed by atoms with van der Waals surface area (Å²) in [6.07, 6.45) is 4.36. The summed E-state index contributed by atoms with van der Waals surface area (Å²) in [5.41, 5.74) is 1.85. The molecule has 0 spiro atoms. The standard InChI is InChI=1S/C19H24N8O2/c1-12(2)27-11-22-14-9-21-17(8-15(14)27)23-16-4-5-20-18(24-16)25-6-7-26(19(28)29)13(3)10-25/h4-5,8-9,11-13H,6-7,10H2,1-3H3,(H,28,29)(H,20,21,23,24). The molecule has 10 nitrogen and oxygen atoms in total. The van der Waals surface area contributed by atoms with Gasteiger partial charge in [-0.15, -0.1) is 0 Å². The summed E-state index contributed by atoms with van der Waals surface area (Å²) >= 11 is 0. The van der Waals surface area contributed by atoms with Crippen molar-refractivity contribution in [3.63, 3.8) is 0 Å².